The lowest BCUT2D eigenvalue weighted by Crippen LogP contribution is -2.14. The molecule has 0 saturated heterocycles. The highest BCUT2D eigenvalue weighted by Gasteiger charge is 2.31. The Morgan fingerprint density at radius 2 is 1.86 bits per heavy atom. The van der Waals surface area contributed by atoms with Crippen LogP contribution in [0.2, 0.25) is 0 Å². The van der Waals surface area contributed by atoms with Gasteiger partial charge in [-0.15, -0.1) is 0 Å². The fourth-order valence-corrected chi connectivity index (χ4v) is 3.38. The number of nitrogens with zero attached hydrogens (tertiary/aromatic N) is 4. The Labute approximate surface area is 210 Å². The molecule has 2 aromatic carbocycles. The molecule has 190 valence electrons. The minimum atomic E-state index is -4.60. The molecule has 0 fully saturated rings. The molecular formula is C26H22F3N5O3. The molecule has 0 unspecified atom stereocenters. The van der Waals surface area contributed by atoms with E-state index in [9.17, 15) is 18.0 Å². The lowest BCUT2D eigenvalue weighted by atomic mass is 10.1. The first-order valence-corrected chi connectivity index (χ1v) is 11.2. The van der Waals surface area contributed by atoms with Gasteiger partial charge >= 0.3 is 6.18 Å². The molecule has 0 spiro atoms. The first-order valence-electron chi connectivity index (χ1n) is 11.2. The summed E-state index contributed by atoms with van der Waals surface area (Å²) >= 11 is 0. The van der Waals surface area contributed by atoms with Crippen LogP contribution in [0.1, 0.15) is 34.2 Å². The van der Waals surface area contributed by atoms with E-state index in [1.165, 1.54) is 25.6 Å². The summed E-state index contributed by atoms with van der Waals surface area (Å²) in [5.74, 6) is 0.890. The summed E-state index contributed by atoms with van der Waals surface area (Å²) in [7, 11) is 1.25. The molecule has 11 heteroatoms. The van der Waals surface area contributed by atoms with Crippen molar-refractivity contribution in [3.8, 4) is 28.8 Å². The number of carbonyl (C=O) groups is 1. The van der Waals surface area contributed by atoms with Gasteiger partial charge in [-0.05, 0) is 48.9 Å². The Balaban J connectivity index is 1.62. The summed E-state index contributed by atoms with van der Waals surface area (Å²) in [5, 5.41) is 2.49. The van der Waals surface area contributed by atoms with E-state index in [0.29, 0.717) is 34.9 Å². The molecule has 4 aromatic rings. The zero-order valence-electron chi connectivity index (χ0n) is 20.1. The maximum absolute atomic E-state index is 13.2. The van der Waals surface area contributed by atoms with Gasteiger partial charge in [0.25, 0.3) is 5.91 Å². The van der Waals surface area contributed by atoms with Crippen molar-refractivity contribution >= 4 is 11.6 Å². The van der Waals surface area contributed by atoms with Gasteiger partial charge in [0.1, 0.15) is 23.7 Å². The van der Waals surface area contributed by atoms with Gasteiger partial charge in [0, 0.05) is 29.9 Å². The first kappa shape index (κ1) is 25.5. The molecule has 2 heterocycles. The van der Waals surface area contributed by atoms with Crippen molar-refractivity contribution in [2.24, 2.45) is 0 Å². The van der Waals surface area contributed by atoms with Gasteiger partial charge in [0.2, 0.25) is 5.88 Å². The van der Waals surface area contributed by atoms with E-state index in [2.05, 4.69) is 25.3 Å². The second kappa shape index (κ2) is 10.6. The average Bonchev–Trinajstić information content (AvgIpc) is 2.89. The highest BCUT2D eigenvalue weighted by Crippen LogP contribution is 2.35. The van der Waals surface area contributed by atoms with Crippen molar-refractivity contribution in [1.29, 1.82) is 0 Å². The Morgan fingerprint density at radius 3 is 2.59 bits per heavy atom. The number of hydrogen-bond acceptors (Lipinski definition) is 7. The Bertz CT molecular complexity index is 1440. The molecule has 4 rings (SSSR count). The highest BCUT2D eigenvalue weighted by molar-refractivity contribution is 6.04. The van der Waals surface area contributed by atoms with Crippen LogP contribution >= 0.6 is 0 Å². The van der Waals surface area contributed by atoms with Crippen LogP contribution in [0.4, 0.5) is 18.9 Å². The van der Waals surface area contributed by atoms with E-state index >= 15 is 0 Å². The summed E-state index contributed by atoms with van der Waals surface area (Å²) in [6.45, 7) is 3.71. The quantitative estimate of drug-likeness (QED) is 0.332. The molecule has 2 aromatic heterocycles. The number of methoxy groups -OCH3 is 1. The van der Waals surface area contributed by atoms with Gasteiger partial charge in [0.15, 0.2) is 5.82 Å². The third-order valence-corrected chi connectivity index (χ3v) is 5.33. The number of pyridine rings is 1. The molecule has 1 amide bonds. The molecule has 0 bridgehead atoms. The topological polar surface area (TPSA) is 99.1 Å². The van der Waals surface area contributed by atoms with E-state index in [4.69, 9.17) is 9.47 Å². The number of benzene rings is 2. The number of amides is 1. The van der Waals surface area contributed by atoms with Crippen LogP contribution in [-0.4, -0.2) is 33.0 Å². The maximum atomic E-state index is 13.2. The normalized spacial score (nSPS) is 11.2. The number of halogens is 3. The van der Waals surface area contributed by atoms with Crippen LogP contribution in [0, 0.1) is 6.92 Å². The van der Waals surface area contributed by atoms with Gasteiger partial charge in [-0.3, -0.25) is 4.79 Å². The molecular weight excluding hydrogens is 487 g/mol. The average molecular weight is 509 g/mol. The number of aryl methyl sites for hydroxylation is 2. The number of anilines is 1. The predicted molar refractivity (Wildman–Crippen MR) is 130 cm³/mol. The van der Waals surface area contributed by atoms with Crippen molar-refractivity contribution in [1.82, 2.24) is 19.9 Å². The number of rotatable bonds is 7. The maximum Gasteiger partial charge on any atom is 0.416 e. The van der Waals surface area contributed by atoms with Gasteiger partial charge in [0.05, 0.1) is 18.2 Å². The number of alkyl halides is 3. The van der Waals surface area contributed by atoms with Crippen molar-refractivity contribution < 1.29 is 27.4 Å². The Kier molecular flexibility index (Phi) is 7.32. The summed E-state index contributed by atoms with van der Waals surface area (Å²) in [6.07, 6.45) is -1.01. The van der Waals surface area contributed by atoms with Crippen molar-refractivity contribution in [3.63, 3.8) is 0 Å². The van der Waals surface area contributed by atoms with Crippen molar-refractivity contribution in [2.45, 2.75) is 26.4 Å². The van der Waals surface area contributed by atoms with E-state index in [0.717, 1.165) is 12.1 Å². The monoisotopic (exact) mass is 509 g/mol. The molecule has 0 radical (unpaired) electrons. The molecule has 0 atom stereocenters. The van der Waals surface area contributed by atoms with Crippen LogP contribution in [0.5, 0.6) is 17.4 Å². The summed E-state index contributed by atoms with van der Waals surface area (Å²) in [5.41, 5.74) is 0.405. The van der Waals surface area contributed by atoms with E-state index in [1.807, 2.05) is 6.92 Å². The number of aromatic nitrogens is 4. The summed E-state index contributed by atoms with van der Waals surface area (Å²) in [4.78, 5) is 30.0. The number of carbonyl (C=O) groups excluding carboxylic acids is 1. The second-order valence-corrected chi connectivity index (χ2v) is 7.92. The third kappa shape index (κ3) is 6.00. The van der Waals surface area contributed by atoms with Crippen LogP contribution in [-0.2, 0) is 12.6 Å². The fourth-order valence-electron chi connectivity index (χ4n) is 3.38. The molecule has 0 saturated carbocycles. The summed E-state index contributed by atoms with van der Waals surface area (Å²) < 4.78 is 50.7. The minimum absolute atomic E-state index is 0.0368. The van der Waals surface area contributed by atoms with Gasteiger partial charge in [-0.25, -0.2) is 19.9 Å². The van der Waals surface area contributed by atoms with Crippen molar-refractivity contribution in [2.75, 3.05) is 12.4 Å². The lowest BCUT2D eigenvalue weighted by Gasteiger charge is -2.14. The van der Waals surface area contributed by atoms with Crippen LogP contribution in [0.15, 0.2) is 61.1 Å². The minimum Gasteiger partial charge on any atom is -0.497 e. The third-order valence-electron chi connectivity index (χ3n) is 5.33. The number of hydrogen-bond donors (Lipinski definition) is 1. The van der Waals surface area contributed by atoms with E-state index in [-0.39, 0.29) is 22.9 Å². The molecule has 8 nitrogen and oxygen atoms in total. The van der Waals surface area contributed by atoms with Crippen LogP contribution in [0.3, 0.4) is 0 Å². The van der Waals surface area contributed by atoms with Gasteiger partial charge in [-0.1, -0.05) is 13.0 Å². The fraction of sp³-hybridized carbons (Fsp3) is 0.192. The first-order chi connectivity index (χ1) is 17.7. The van der Waals surface area contributed by atoms with Crippen LogP contribution < -0.4 is 14.8 Å². The zero-order chi connectivity index (χ0) is 26.6. The Morgan fingerprint density at radius 1 is 1.05 bits per heavy atom. The predicted octanol–water partition coefficient (Wildman–Crippen LogP) is 5.88. The van der Waals surface area contributed by atoms with Gasteiger partial charge < -0.3 is 14.8 Å². The molecule has 1 N–H and O–H groups in total. The molecule has 0 aliphatic rings. The second-order valence-electron chi connectivity index (χ2n) is 7.92. The number of nitrogens with one attached hydrogen (secondary N) is 1. The van der Waals surface area contributed by atoms with Crippen molar-refractivity contribution in [3.05, 3.63) is 83.6 Å². The molecule has 0 aliphatic carbocycles. The standard InChI is InChI=1S/C26H22F3N5O3/c1-4-22-31-14-32-23(34-22)20-6-5-9-30-25(20)37-21-10-16(8-7-15(21)2)24(35)33-18-11-17(26(27,28)29)12-19(13-18)36-3/h5-14H,4H2,1-3H3,(H,33,35). The van der Waals surface area contributed by atoms with Gasteiger partial charge in [-0.2, -0.15) is 13.2 Å². The highest BCUT2D eigenvalue weighted by atomic mass is 19.4. The smallest absolute Gasteiger partial charge is 0.416 e. The van der Waals surface area contributed by atoms with E-state index in [1.54, 1.807) is 37.4 Å². The zero-order valence-corrected chi connectivity index (χ0v) is 20.1. The largest absolute Gasteiger partial charge is 0.497 e. The Hall–Kier alpha value is -4.54. The SMILES string of the molecule is CCc1ncnc(-c2cccnc2Oc2cc(C(=O)Nc3cc(OC)cc(C(F)(F)F)c3)ccc2C)n1. The van der Waals surface area contributed by atoms with E-state index < -0.39 is 17.6 Å². The number of ether oxygens (including phenoxy) is 2. The molecule has 37 heavy (non-hydrogen) atoms. The molecule has 0 aliphatic heterocycles. The lowest BCUT2D eigenvalue weighted by molar-refractivity contribution is -0.137. The van der Waals surface area contributed by atoms with Crippen LogP contribution in [0.25, 0.3) is 11.4 Å². The summed E-state index contributed by atoms with van der Waals surface area (Å²) in [6, 6.07) is 11.2.